The number of methoxy groups -OCH3 is 1. The van der Waals surface area contributed by atoms with Crippen LogP contribution in [0, 0.1) is 0 Å². The normalized spacial score (nSPS) is 11.9. The highest BCUT2D eigenvalue weighted by atomic mass is 16.5. The Morgan fingerprint density at radius 3 is 2.41 bits per heavy atom. The molecule has 1 unspecified atom stereocenters. The highest BCUT2D eigenvalue weighted by Gasteiger charge is 2.16. The molecule has 152 valence electrons. The van der Waals surface area contributed by atoms with E-state index in [1.807, 2.05) is 74.5 Å². The molecule has 0 fully saturated rings. The molecule has 1 atom stereocenters. The number of nitrogens with one attached hydrogen (secondary N) is 1. The van der Waals surface area contributed by atoms with E-state index in [2.05, 4.69) is 5.32 Å². The molecule has 0 saturated carbocycles. The van der Waals surface area contributed by atoms with Crippen LogP contribution in [0.25, 0.3) is 10.8 Å². The van der Waals surface area contributed by atoms with E-state index >= 15 is 0 Å². The first kappa shape index (κ1) is 20.5. The predicted octanol–water partition coefficient (Wildman–Crippen LogP) is 4.72. The zero-order valence-electron chi connectivity index (χ0n) is 17.3. The first-order valence-electron chi connectivity index (χ1n) is 9.73. The number of hydrogen-bond donors (Lipinski definition) is 1. The molecule has 0 aromatic heterocycles. The fraction of sp³-hybridized carbons (Fsp3) is 0.292. The van der Waals surface area contributed by atoms with Crippen LogP contribution in [-0.4, -0.2) is 25.2 Å². The SMILES string of the molecule is COc1cc(CNC(=O)C(C)Oc2cccc3ccccc23)ccc1OC(C)C. The van der Waals surface area contributed by atoms with Crippen LogP contribution < -0.4 is 19.5 Å². The minimum absolute atomic E-state index is 0.0570. The van der Waals surface area contributed by atoms with E-state index in [1.165, 1.54) is 0 Å². The first-order valence-corrected chi connectivity index (χ1v) is 9.73. The minimum atomic E-state index is -0.619. The molecule has 0 bridgehead atoms. The summed E-state index contributed by atoms with van der Waals surface area (Å²) in [4.78, 5) is 12.5. The van der Waals surface area contributed by atoms with Gasteiger partial charge in [-0.1, -0.05) is 42.5 Å². The van der Waals surface area contributed by atoms with E-state index in [-0.39, 0.29) is 12.0 Å². The van der Waals surface area contributed by atoms with Gasteiger partial charge in [-0.15, -0.1) is 0 Å². The summed E-state index contributed by atoms with van der Waals surface area (Å²) < 4.78 is 17.1. The van der Waals surface area contributed by atoms with E-state index in [0.717, 1.165) is 16.3 Å². The molecule has 1 amide bonds. The molecule has 0 spiro atoms. The molecule has 5 heteroatoms. The Morgan fingerprint density at radius 2 is 1.66 bits per heavy atom. The maximum atomic E-state index is 12.5. The van der Waals surface area contributed by atoms with E-state index in [1.54, 1.807) is 14.0 Å². The second kappa shape index (κ2) is 9.32. The van der Waals surface area contributed by atoms with Crippen molar-refractivity contribution in [3.05, 3.63) is 66.2 Å². The smallest absolute Gasteiger partial charge is 0.261 e. The Morgan fingerprint density at radius 1 is 0.897 bits per heavy atom. The summed E-state index contributed by atoms with van der Waals surface area (Å²) in [5.74, 6) is 1.85. The first-order chi connectivity index (χ1) is 14.0. The molecular weight excluding hydrogens is 366 g/mol. The molecule has 0 saturated heterocycles. The molecule has 3 rings (SSSR count). The standard InChI is InChI=1S/C24H27NO4/c1-16(2)28-22-13-12-18(14-23(22)27-4)15-25-24(26)17(3)29-21-11-7-9-19-8-5-6-10-20(19)21/h5-14,16-17H,15H2,1-4H3,(H,25,26). The Hall–Kier alpha value is -3.21. The van der Waals surface area contributed by atoms with Crippen LogP contribution in [0.5, 0.6) is 17.2 Å². The van der Waals surface area contributed by atoms with Gasteiger partial charge < -0.3 is 19.5 Å². The molecule has 5 nitrogen and oxygen atoms in total. The molecular formula is C24H27NO4. The van der Waals surface area contributed by atoms with Gasteiger partial charge in [-0.05, 0) is 49.9 Å². The summed E-state index contributed by atoms with van der Waals surface area (Å²) in [5, 5.41) is 4.98. The van der Waals surface area contributed by atoms with Gasteiger partial charge in [0.1, 0.15) is 5.75 Å². The molecule has 0 aliphatic carbocycles. The predicted molar refractivity (Wildman–Crippen MR) is 115 cm³/mol. The van der Waals surface area contributed by atoms with E-state index < -0.39 is 6.10 Å². The van der Waals surface area contributed by atoms with E-state index in [4.69, 9.17) is 14.2 Å². The molecule has 1 N–H and O–H groups in total. The van der Waals surface area contributed by atoms with Gasteiger partial charge in [-0.2, -0.15) is 0 Å². The third-order valence-electron chi connectivity index (χ3n) is 4.48. The summed E-state index contributed by atoms with van der Waals surface area (Å²) in [7, 11) is 1.60. The lowest BCUT2D eigenvalue weighted by Crippen LogP contribution is -2.35. The van der Waals surface area contributed by atoms with Crippen LogP contribution in [0.3, 0.4) is 0 Å². The number of rotatable bonds is 8. The molecule has 29 heavy (non-hydrogen) atoms. The Kier molecular flexibility index (Phi) is 6.60. The quantitative estimate of drug-likeness (QED) is 0.602. The van der Waals surface area contributed by atoms with Gasteiger partial charge in [0.15, 0.2) is 17.6 Å². The maximum absolute atomic E-state index is 12.5. The van der Waals surface area contributed by atoms with Gasteiger partial charge in [0.05, 0.1) is 13.2 Å². The van der Waals surface area contributed by atoms with Crippen LogP contribution in [-0.2, 0) is 11.3 Å². The van der Waals surface area contributed by atoms with Gasteiger partial charge in [0, 0.05) is 11.9 Å². The third kappa shape index (κ3) is 5.19. The second-order valence-electron chi connectivity index (χ2n) is 7.11. The van der Waals surface area contributed by atoms with Crippen molar-refractivity contribution >= 4 is 16.7 Å². The number of hydrogen-bond acceptors (Lipinski definition) is 4. The summed E-state index contributed by atoms with van der Waals surface area (Å²) >= 11 is 0. The summed E-state index contributed by atoms with van der Waals surface area (Å²) in [6.07, 6.45) is -0.562. The highest BCUT2D eigenvalue weighted by Crippen LogP contribution is 2.29. The van der Waals surface area contributed by atoms with E-state index in [9.17, 15) is 4.79 Å². The fourth-order valence-electron chi connectivity index (χ4n) is 3.05. The van der Waals surface area contributed by atoms with Crippen LogP contribution in [0.4, 0.5) is 0 Å². The number of fused-ring (bicyclic) bond motifs is 1. The third-order valence-corrected chi connectivity index (χ3v) is 4.48. The van der Waals surface area contributed by atoms with Gasteiger partial charge in [-0.25, -0.2) is 0 Å². The molecule has 0 aliphatic rings. The maximum Gasteiger partial charge on any atom is 0.261 e. The molecule has 3 aromatic rings. The Bertz CT molecular complexity index is 978. The second-order valence-corrected chi connectivity index (χ2v) is 7.11. The summed E-state index contributed by atoms with van der Waals surface area (Å²) in [5.41, 5.74) is 0.920. The van der Waals surface area contributed by atoms with Crippen molar-refractivity contribution in [3.63, 3.8) is 0 Å². The van der Waals surface area contributed by atoms with Crippen molar-refractivity contribution in [2.45, 2.75) is 39.5 Å². The molecule has 3 aromatic carbocycles. The van der Waals surface area contributed by atoms with Gasteiger partial charge in [-0.3, -0.25) is 4.79 Å². The van der Waals surface area contributed by atoms with Gasteiger partial charge in [0.2, 0.25) is 0 Å². The van der Waals surface area contributed by atoms with Crippen molar-refractivity contribution in [2.24, 2.45) is 0 Å². The minimum Gasteiger partial charge on any atom is -0.493 e. The lowest BCUT2D eigenvalue weighted by molar-refractivity contribution is -0.127. The zero-order valence-corrected chi connectivity index (χ0v) is 17.3. The average Bonchev–Trinajstić information content (AvgIpc) is 2.72. The van der Waals surface area contributed by atoms with Crippen LogP contribution >= 0.6 is 0 Å². The largest absolute Gasteiger partial charge is 0.493 e. The topological polar surface area (TPSA) is 56.8 Å². The molecule has 0 radical (unpaired) electrons. The van der Waals surface area contributed by atoms with Crippen LogP contribution in [0.1, 0.15) is 26.3 Å². The number of amides is 1. The lowest BCUT2D eigenvalue weighted by atomic mass is 10.1. The van der Waals surface area contributed by atoms with Crippen LogP contribution in [0.2, 0.25) is 0 Å². The fourth-order valence-corrected chi connectivity index (χ4v) is 3.05. The van der Waals surface area contributed by atoms with Crippen molar-refractivity contribution < 1.29 is 19.0 Å². The Labute approximate surface area is 171 Å². The van der Waals surface area contributed by atoms with E-state index in [0.29, 0.717) is 23.8 Å². The number of benzene rings is 3. The van der Waals surface area contributed by atoms with Crippen molar-refractivity contribution in [3.8, 4) is 17.2 Å². The number of ether oxygens (including phenoxy) is 3. The average molecular weight is 393 g/mol. The van der Waals surface area contributed by atoms with Gasteiger partial charge in [0.25, 0.3) is 5.91 Å². The molecule has 0 aliphatic heterocycles. The van der Waals surface area contributed by atoms with Crippen molar-refractivity contribution in [1.82, 2.24) is 5.32 Å². The number of carbonyl (C=O) groups excluding carboxylic acids is 1. The highest BCUT2D eigenvalue weighted by molar-refractivity contribution is 5.89. The molecule has 0 heterocycles. The van der Waals surface area contributed by atoms with Crippen LogP contribution in [0.15, 0.2) is 60.7 Å². The van der Waals surface area contributed by atoms with Crippen molar-refractivity contribution in [2.75, 3.05) is 7.11 Å². The Balaban J connectivity index is 1.63. The zero-order chi connectivity index (χ0) is 20.8. The lowest BCUT2D eigenvalue weighted by Gasteiger charge is -2.17. The number of carbonyl (C=O) groups is 1. The monoisotopic (exact) mass is 393 g/mol. The summed E-state index contributed by atoms with van der Waals surface area (Å²) in [6.45, 7) is 6.05. The summed E-state index contributed by atoms with van der Waals surface area (Å²) in [6, 6.07) is 19.4. The van der Waals surface area contributed by atoms with Crippen molar-refractivity contribution in [1.29, 1.82) is 0 Å². The van der Waals surface area contributed by atoms with Gasteiger partial charge >= 0.3 is 0 Å².